The second kappa shape index (κ2) is 7.90. The number of urea groups is 1. The fraction of sp³-hybridized carbons (Fsp3) is 0.500. The molecule has 0 aliphatic carbocycles. The van der Waals surface area contributed by atoms with Gasteiger partial charge in [0.2, 0.25) is 0 Å². The molecule has 5 heteroatoms. The number of methoxy groups -OCH3 is 2. The second-order valence-corrected chi connectivity index (χ2v) is 6.53. The highest BCUT2D eigenvalue weighted by atomic mass is 16.5. The van der Waals surface area contributed by atoms with Gasteiger partial charge >= 0.3 is 6.03 Å². The van der Waals surface area contributed by atoms with Crippen LogP contribution in [0.25, 0.3) is 0 Å². The SMILES string of the molecule is COc1ccc(C(C)NC(=O)N/C=C(\C)C(C)(C)C)cc1OC. The molecule has 0 fully saturated rings. The van der Waals surface area contributed by atoms with E-state index < -0.39 is 0 Å². The van der Waals surface area contributed by atoms with E-state index in [0.717, 1.165) is 11.1 Å². The molecule has 0 aromatic heterocycles. The third-order valence-corrected chi connectivity index (χ3v) is 3.86. The molecule has 1 aromatic carbocycles. The van der Waals surface area contributed by atoms with Crippen molar-refractivity contribution in [2.45, 2.75) is 40.7 Å². The lowest BCUT2D eigenvalue weighted by Gasteiger charge is -2.20. The molecule has 23 heavy (non-hydrogen) atoms. The fourth-order valence-corrected chi connectivity index (χ4v) is 1.83. The van der Waals surface area contributed by atoms with Gasteiger partial charge in [-0.1, -0.05) is 32.4 Å². The van der Waals surface area contributed by atoms with Crippen molar-refractivity contribution < 1.29 is 14.3 Å². The summed E-state index contributed by atoms with van der Waals surface area (Å²) in [5, 5.41) is 5.67. The minimum atomic E-state index is -0.240. The number of carbonyl (C=O) groups excluding carboxylic acids is 1. The zero-order valence-corrected chi connectivity index (χ0v) is 15.1. The largest absolute Gasteiger partial charge is 0.493 e. The Kier molecular flexibility index (Phi) is 6.49. The van der Waals surface area contributed by atoms with E-state index in [0.29, 0.717) is 11.5 Å². The van der Waals surface area contributed by atoms with Crippen molar-refractivity contribution in [3.05, 3.63) is 35.5 Å². The Morgan fingerprint density at radius 3 is 2.30 bits per heavy atom. The van der Waals surface area contributed by atoms with Crippen LogP contribution in [0.3, 0.4) is 0 Å². The number of hydrogen-bond donors (Lipinski definition) is 2. The highest BCUT2D eigenvalue weighted by molar-refractivity contribution is 5.75. The number of nitrogens with one attached hydrogen (secondary N) is 2. The van der Waals surface area contributed by atoms with Gasteiger partial charge in [-0.2, -0.15) is 0 Å². The van der Waals surface area contributed by atoms with Gasteiger partial charge in [0.05, 0.1) is 20.3 Å². The molecule has 0 heterocycles. The van der Waals surface area contributed by atoms with E-state index in [1.807, 2.05) is 32.0 Å². The Bertz CT molecular complexity index is 574. The van der Waals surface area contributed by atoms with Crippen LogP contribution >= 0.6 is 0 Å². The van der Waals surface area contributed by atoms with Crippen LogP contribution in [0.2, 0.25) is 0 Å². The monoisotopic (exact) mass is 320 g/mol. The first-order valence-electron chi connectivity index (χ1n) is 7.65. The smallest absolute Gasteiger partial charge is 0.319 e. The van der Waals surface area contributed by atoms with Crippen molar-refractivity contribution in [1.82, 2.24) is 10.6 Å². The standard InChI is InChI=1S/C18H28N2O3/c1-12(18(3,4)5)11-19-17(21)20-13(2)14-8-9-15(22-6)16(10-14)23-7/h8-11,13H,1-7H3,(H2,19,20,21)/b12-11+. The fourth-order valence-electron chi connectivity index (χ4n) is 1.83. The summed E-state index contributed by atoms with van der Waals surface area (Å²) in [5.74, 6) is 1.30. The molecule has 1 aromatic rings. The van der Waals surface area contributed by atoms with Gasteiger partial charge in [-0.25, -0.2) is 4.79 Å². The van der Waals surface area contributed by atoms with Crippen LogP contribution in [0.4, 0.5) is 4.79 Å². The van der Waals surface area contributed by atoms with Gasteiger partial charge in [0, 0.05) is 6.20 Å². The summed E-state index contributed by atoms with van der Waals surface area (Å²) in [7, 11) is 3.18. The number of rotatable bonds is 5. The van der Waals surface area contributed by atoms with Gasteiger partial charge in [-0.15, -0.1) is 0 Å². The molecule has 0 spiro atoms. The first-order valence-corrected chi connectivity index (χ1v) is 7.65. The zero-order chi connectivity index (χ0) is 17.6. The molecule has 0 bridgehead atoms. The van der Waals surface area contributed by atoms with E-state index in [-0.39, 0.29) is 17.5 Å². The molecule has 5 nitrogen and oxygen atoms in total. The van der Waals surface area contributed by atoms with Crippen molar-refractivity contribution >= 4 is 6.03 Å². The lowest BCUT2D eigenvalue weighted by molar-refractivity contribution is 0.241. The van der Waals surface area contributed by atoms with Gasteiger partial charge in [0.1, 0.15) is 0 Å². The van der Waals surface area contributed by atoms with Gasteiger partial charge in [-0.05, 0) is 37.0 Å². The van der Waals surface area contributed by atoms with Crippen molar-refractivity contribution in [3.8, 4) is 11.5 Å². The van der Waals surface area contributed by atoms with Crippen LogP contribution < -0.4 is 20.1 Å². The number of allylic oxidation sites excluding steroid dienone is 1. The third-order valence-electron chi connectivity index (χ3n) is 3.86. The molecule has 1 atom stereocenters. The molecule has 2 N–H and O–H groups in total. The van der Waals surface area contributed by atoms with Crippen LogP contribution in [-0.2, 0) is 0 Å². The molecule has 0 aliphatic rings. The Labute approximate surface area is 139 Å². The van der Waals surface area contributed by atoms with E-state index in [1.165, 1.54) is 0 Å². The average Bonchev–Trinajstić information content (AvgIpc) is 2.50. The Balaban J connectivity index is 2.72. The van der Waals surface area contributed by atoms with Crippen LogP contribution in [0.5, 0.6) is 11.5 Å². The quantitative estimate of drug-likeness (QED) is 0.861. The molecule has 0 saturated heterocycles. The van der Waals surface area contributed by atoms with Crippen LogP contribution in [0, 0.1) is 5.41 Å². The topological polar surface area (TPSA) is 59.6 Å². The number of benzene rings is 1. The van der Waals surface area contributed by atoms with Crippen LogP contribution in [0.15, 0.2) is 30.0 Å². The third kappa shape index (κ3) is 5.51. The molecule has 2 amide bonds. The highest BCUT2D eigenvalue weighted by Crippen LogP contribution is 2.29. The van der Waals surface area contributed by atoms with Gasteiger partial charge in [0.15, 0.2) is 11.5 Å². The summed E-state index contributed by atoms with van der Waals surface area (Å²) < 4.78 is 10.5. The molecular weight excluding hydrogens is 292 g/mol. The van der Waals surface area contributed by atoms with Crippen LogP contribution in [-0.4, -0.2) is 20.3 Å². The Hall–Kier alpha value is -2.17. The van der Waals surface area contributed by atoms with E-state index in [9.17, 15) is 4.79 Å². The highest BCUT2D eigenvalue weighted by Gasteiger charge is 2.14. The molecule has 0 saturated carbocycles. The molecule has 1 unspecified atom stereocenters. The van der Waals surface area contributed by atoms with Crippen molar-refractivity contribution in [3.63, 3.8) is 0 Å². The zero-order valence-electron chi connectivity index (χ0n) is 15.1. The number of hydrogen-bond acceptors (Lipinski definition) is 3. The summed E-state index contributed by atoms with van der Waals surface area (Å²) >= 11 is 0. The van der Waals surface area contributed by atoms with Gasteiger partial charge < -0.3 is 20.1 Å². The molecule has 128 valence electrons. The summed E-state index contributed by atoms with van der Waals surface area (Å²) in [6, 6.07) is 5.20. The minimum absolute atomic E-state index is 0.0300. The maximum Gasteiger partial charge on any atom is 0.319 e. The van der Waals surface area contributed by atoms with Crippen molar-refractivity contribution in [2.24, 2.45) is 5.41 Å². The lowest BCUT2D eigenvalue weighted by atomic mass is 9.88. The number of ether oxygens (including phenoxy) is 2. The van der Waals surface area contributed by atoms with Crippen LogP contribution in [0.1, 0.15) is 46.2 Å². The average molecular weight is 320 g/mol. The molecule has 0 aliphatic heterocycles. The van der Waals surface area contributed by atoms with Crippen molar-refractivity contribution in [1.29, 1.82) is 0 Å². The van der Waals surface area contributed by atoms with Gasteiger partial charge in [-0.3, -0.25) is 0 Å². The first-order chi connectivity index (χ1) is 10.7. The minimum Gasteiger partial charge on any atom is -0.493 e. The Morgan fingerprint density at radius 1 is 1.17 bits per heavy atom. The van der Waals surface area contributed by atoms with Gasteiger partial charge in [0.25, 0.3) is 0 Å². The van der Waals surface area contributed by atoms with E-state index in [2.05, 4.69) is 31.4 Å². The van der Waals surface area contributed by atoms with E-state index in [1.54, 1.807) is 20.4 Å². The number of amides is 2. The predicted octanol–water partition coefficient (Wildman–Crippen LogP) is 4.01. The predicted molar refractivity (Wildman–Crippen MR) is 92.8 cm³/mol. The molecule has 1 rings (SSSR count). The normalized spacial score (nSPS) is 13.3. The summed E-state index contributed by atoms with van der Waals surface area (Å²) in [6.07, 6.45) is 1.75. The van der Waals surface area contributed by atoms with E-state index >= 15 is 0 Å². The summed E-state index contributed by atoms with van der Waals surface area (Å²) in [5.41, 5.74) is 2.07. The lowest BCUT2D eigenvalue weighted by Crippen LogP contribution is -2.34. The summed E-state index contributed by atoms with van der Waals surface area (Å²) in [6.45, 7) is 10.2. The molecular formula is C18H28N2O3. The number of carbonyl (C=O) groups is 1. The first kappa shape index (κ1) is 18.9. The molecule has 0 radical (unpaired) electrons. The Morgan fingerprint density at radius 2 is 1.78 bits per heavy atom. The second-order valence-electron chi connectivity index (χ2n) is 6.53. The maximum atomic E-state index is 12.0. The summed E-state index contributed by atoms with van der Waals surface area (Å²) in [4.78, 5) is 12.0. The van der Waals surface area contributed by atoms with E-state index in [4.69, 9.17) is 9.47 Å². The maximum absolute atomic E-state index is 12.0. The van der Waals surface area contributed by atoms with Crippen molar-refractivity contribution in [2.75, 3.05) is 14.2 Å².